The van der Waals surface area contributed by atoms with E-state index in [-0.39, 0.29) is 5.91 Å². The summed E-state index contributed by atoms with van der Waals surface area (Å²) >= 11 is 0. The number of hydrogen-bond acceptors (Lipinski definition) is 6. The van der Waals surface area contributed by atoms with Crippen LogP contribution in [0.4, 0.5) is 11.6 Å². The number of piperidine rings is 1. The third-order valence-electron chi connectivity index (χ3n) is 4.91. The third kappa shape index (κ3) is 4.30. The fourth-order valence-corrected chi connectivity index (χ4v) is 3.39. The van der Waals surface area contributed by atoms with E-state index in [1.165, 1.54) is 6.42 Å². The molecule has 3 rings (SSSR count). The predicted octanol–water partition coefficient (Wildman–Crippen LogP) is 3.64. The molecule has 1 amide bonds. The molecule has 1 aliphatic heterocycles. The first-order valence-electron chi connectivity index (χ1n) is 9.28. The summed E-state index contributed by atoms with van der Waals surface area (Å²) in [6.45, 7) is 2.93. The highest BCUT2D eigenvalue weighted by Crippen LogP contribution is 2.30. The number of likely N-dealkylation sites (tertiary alicyclic amines) is 1. The van der Waals surface area contributed by atoms with Crippen LogP contribution in [0.3, 0.4) is 0 Å². The van der Waals surface area contributed by atoms with Gasteiger partial charge in [0.1, 0.15) is 11.5 Å². The second-order valence-corrected chi connectivity index (χ2v) is 6.54. The summed E-state index contributed by atoms with van der Waals surface area (Å²) in [7, 11) is 3.20. The van der Waals surface area contributed by atoms with Gasteiger partial charge in [-0.1, -0.05) is 6.92 Å². The molecule has 27 heavy (non-hydrogen) atoms. The van der Waals surface area contributed by atoms with E-state index >= 15 is 0 Å². The molecule has 0 spiro atoms. The van der Waals surface area contributed by atoms with Crippen molar-refractivity contribution in [3.05, 3.63) is 36.2 Å². The number of carbonyl (C=O) groups is 1. The molecule has 1 atom stereocenters. The summed E-state index contributed by atoms with van der Waals surface area (Å²) in [5.74, 6) is 1.75. The van der Waals surface area contributed by atoms with Gasteiger partial charge in [0.2, 0.25) is 5.95 Å². The number of nitrogens with one attached hydrogen (secondary N) is 1. The van der Waals surface area contributed by atoms with Crippen molar-refractivity contribution >= 4 is 17.5 Å². The van der Waals surface area contributed by atoms with E-state index in [2.05, 4.69) is 22.2 Å². The highest BCUT2D eigenvalue weighted by Gasteiger charge is 2.26. The Labute approximate surface area is 159 Å². The van der Waals surface area contributed by atoms with Gasteiger partial charge in [0.25, 0.3) is 5.91 Å². The van der Waals surface area contributed by atoms with Crippen LogP contribution in [-0.4, -0.2) is 47.6 Å². The first-order valence-corrected chi connectivity index (χ1v) is 9.28. The SMILES string of the molecule is CCC1CCCCN1C(=O)c1cnc(Nc2cc(OC)ccc2OC)nc1. The summed E-state index contributed by atoms with van der Waals surface area (Å²) in [4.78, 5) is 23.4. The second kappa shape index (κ2) is 8.70. The summed E-state index contributed by atoms with van der Waals surface area (Å²) in [5, 5.41) is 3.11. The lowest BCUT2D eigenvalue weighted by Crippen LogP contribution is -2.43. The van der Waals surface area contributed by atoms with Crippen molar-refractivity contribution in [3.8, 4) is 11.5 Å². The van der Waals surface area contributed by atoms with Crippen LogP contribution in [0, 0.1) is 0 Å². The van der Waals surface area contributed by atoms with E-state index in [1.807, 2.05) is 11.0 Å². The average Bonchev–Trinajstić information content (AvgIpc) is 2.73. The number of rotatable bonds is 6. The molecule has 1 fully saturated rings. The van der Waals surface area contributed by atoms with Crippen LogP contribution in [0.15, 0.2) is 30.6 Å². The molecular formula is C20H26N4O3. The molecule has 2 heterocycles. The van der Waals surface area contributed by atoms with Gasteiger partial charge in [-0.05, 0) is 37.8 Å². The van der Waals surface area contributed by atoms with Crippen LogP contribution in [0.2, 0.25) is 0 Å². The maximum atomic E-state index is 12.8. The molecule has 0 aliphatic carbocycles. The number of ether oxygens (including phenoxy) is 2. The van der Waals surface area contributed by atoms with Gasteiger partial charge in [-0.25, -0.2) is 9.97 Å². The van der Waals surface area contributed by atoms with Crippen LogP contribution in [0.5, 0.6) is 11.5 Å². The van der Waals surface area contributed by atoms with Gasteiger partial charge in [0.05, 0.1) is 25.5 Å². The van der Waals surface area contributed by atoms with Crippen molar-refractivity contribution in [3.63, 3.8) is 0 Å². The fraction of sp³-hybridized carbons (Fsp3) is 0.450. The Morgan fingerprint density at radius 2 is 2.00 bits per heavy atom. The minimum atomic E-state index is 0.00654. The van der Waals surface area contributed by atoms with Gasteiger partial charge in [0.15, 0.2) is 0 Å². The van der Waals surface area contributed by atoms with Gasteiger partial charge < -0.3 is 19.7 Å². The van der Waals surface area contributed by atoms with E-state index in [1.54, 1.807) is 38.7 Å². The molecule has 1 unspecified atom stereocenters. The van der Waals surface area contributed by atoms with Crippen molar-refractivity contribution in [2.45, 2.75) is 38.6 Å². The number of nitrogens with zero attached hydrogens (tertiary/aromatic N) is 3. The lowest BCUT2D eigenvalue weighted by atomic mass is 9.99. The number of anilines is 2. The van der Waals surface area contributed by atoms with Crippen LogP contribution in [0.1, 0.15) is 43.0 Å². The molecular weight excluding hydrogens is 344 g/mol. The molecule has 0 saturated carbocycles. The Bertz CT molecular complexity index is 779. The molecule has 2 aromatic rings. The zero-order valence-corrected chi connectivity index (χ0v) is 16.1. The van der Waals surface area contributed by atoms with Crippen molar-refractivity contribution in [2.75, 3.05) is 26.1 Å². The number of carbonyl (C=O) groups excluding carboxylic acids is 1. The van der Waals surface area contributed by atoms with E-state index in [4.69, 9.17) is 9.47 Å². The standard InChI is InChI=1S/C20H26N4O3/c1-4-15-7-5-6-10-24(15)19(25)14-12-21-20(22-13-14)23-17-11-16(26-2)8-9-18(17)27-3/h8-9,11-13,15H,4-7,10H2,1-3H3,(H,21,22,23). The van der Waals surface area contributed by atoms with Crippen LogP contribution in [0.25, 0.3) is 0 Å². The number of aromatic nitrogens is 2. The first kappa shape index (κ1) is 18.9. The van der Waals surface area contributed by atoms with E-state index < -0.39 is 0 Å². The summed E-state index contributed by atoms with van der Waals surface area (Å²) < 4.78 is 10.6. The largest absolute Gasteiger partial charge is 0.497 e. The number of hydrogen-bond donors (Lipinski definition) is 1. The van der Waals surface area contributed by atoms with Gasteiger partial charge in [-0.15, -0.1) is 0 Å². The normalized spacial score (nSPS) is 16.7. The molecule has 1 saturated heterocycles. The monoisotopic (exact) mass is 370 g/mol. The Morgan fingerprint density at radius 3 is 2.67 bits per heavy atom. The minimum Gasteiger partial charge on any atom is -0.497 e. The number of benzene rings is 1. The predicted molar refractivity (Wildman–Crippen MR) is 104 cm³/mol. The summed E-state index contributed by atoms with van der Waals surface area (Å²) in [6.07, 6.45) is 7.43. The number of amides is 1. The first-order chi connectivity index (χ1) is 13.2. The maximum Gasteiger partial charge on any atom is 0.257 e. The van der Waals surface area contributed by atoms with Crippen LogP contribution >= 0.6 is 0 Å². The zero-order chi connectivity index (χ0) is 19.2. The highest BCUT2D eigenvalue weighted by atomic mass is 16.5. The van der Waals surface area contributed by atoms with Gasteiger partial charge in [0, 0.05) is 31.0 Å². The van der Waals surface area contributed by atoms with E-state index in [0.29, 0.717) is 34.7 Å². The quantitative estimate of drug-likeness (QED) is 0.836. The van der Waals surface area contributed by atoms with Gasteiger partial charge in [-0.2, -0.15) is 0 Å². The van der Waals surface area contributed by atoms with Crippen molar-refractivity contribution in [1.82, 2.24) is 14.9 Å². The fourth-order valence-electron chi connectivity index (χ4n) is 3.39. The summed E-state index contributed by atoms with van der Waals surface area (Å²) in [5.41, 5.74) is 1.21. The van der Waals surface area contributed by atoms with Crippen LogP contribution in [-0.2, 0) is 0 Å². The Morgan fingerprint density at radius 1 is 1.22 bits per heavy atom. The lowest BCUT2D eigenvalue weighted by molar-refractivity contribution is 0.0607. The molecule has 7 nitrogen and oxygen atoms in total. The molecule has 0 bridgehead atoms. The molecule has 1 aromatic carbocycles. The van der Waals surface area contributed by atoms with Crippen molar-refractivity contribution in [1.29, 1.82) is 0 Å². The lowest BCUT2D eigenvalue weighted by Gasteiger charge is -2.35. The smallest absolute Gasteiger partial charge is 0.257 e. The number of methoxy groups -OCH3 is 2. The minimum absolute atomic E-state index is 0.00654. The highest BCUT2D eigenvalue weighted by molar-refractivity contribution is 5.94. The topological polar surface area (TPSA) is 76.6 Å². The molecule has 0 radical (unpaired) electrons. The van der Waals surface area contributed by atoms with E-state index in [0.717, 1.165) is 25.8 Å². The third-order valence-corrected chi connectivity index (χ3v) is 4.91. The Hall–Kier alpha value is -2.83. The Balaban J connectivity index is 1.75. The molecule has 1 aliphatic rings. The second-order valence-electron chi connectivity index (χ2n) is 6.54. The van der Waals surface area contributed by atoms with Crippen LogP contribution < -0.4 is 14.8 Å². The molecule has 1 aromatic heterocycles. The maximum absolute atomic E-state index is 12.8. The zero-order valence-electron chi connectivity index (χ0n) is 16.1. The van der Waals surface area contributed by atoms with E-state index in [9.17, 15) is 4.79 Å². The van der Waals surface area contributed by atoms with Crippen molar-refractivity contribution in [2.24, 2.45) is 0 Å². The molecule has 7 heteroatoms. The van der Waals surface area contributed by atoms with Gasteiger partial charge >= 0.3 is 0 Å². The summed E-state index contributed by atoms with van der Waals surface area (Å²) in [6, 6.07) is 5.74. The average molecular weight is 370 g/mol. The molecule has 144 valence electrons. The Kier molecular flexibility index (Phi) is 6.11. The van der Waals surface area contributed by atoms with Gasteiger partial charge in [-0.3, -0.25) is 4.79 Å². The molecule has 1 N–H and O–H groups in total. The van der Waals surface area contributed by atoms with Crippen molar-refractivity contribution < 1.29 is 14.3 Å².